The molecule has 3 rings (SSSR count). The standard InChI is InChI=1S/C15H25N3O2/c1-12-8-16-15(20-12)10-18-7-2-4-13(18)9-17-6-3-5-14(17)11-19/h8,13-14,19H,2-7,9-11H2,1H3/t13-,14-/m0/s1. The first-order chi connectivity index (χ1) is 9.76. The average molecular weight is 279 g/mol. The second-order valence-corrected chi connectivity index (χ2v) is 6.10. The van der Waals surface area contributed by atoms with E-state index in [0.29, 0.717) is 18.7 Å². The molecule has 0 radical (unpaired) electrons. The van der Waals surface area contributed by atoms with Crippen molar-refractivity contribution >= 4 is 0 Å². The molecule has 2 atom stereocenters. The molecule has 3 heterocycles. The SMILES string of the molecule is Cc1cnc(CN2CCC[C@H]2CN2CCC[C@H]2CO)o1. The zero-order chi connectivity index (χ0) is 13.9. The lowest BCUT2D eigenvalue weighted by Crippen LogP contribution is -2.43. The molecule has 2 aliphatic rings. The van der Waals surface area contributed by atoms with E-state index in [1.54, 1.807) is 6.20 Å². The minimum Gasteiger partial charge on any atom is -0.445 e. The van der Waals surface area contributed by atoms with Gasteiger partial charge in [-0.1, -0.05) is 0 Å². The van der Waals surface area contributed by atoms with E-state index in [-0.39, 0.29) is 0 Å². The first kappa shape index (κ1) is 14.0. The van der Waals surface area contributed by atoms with Crippen molar-refractivity contribution in [2.45, 2.75) is 51.2 Å². The fourth-order valence-corrected chi connectivity index (χ4v) is 3.57. The third kappa shape index (κ3) is 3.05. The van der Waals surface area contributed by atoms with Crippen LogP contribution in [0.15, 0.2) is 10.6 Å². The summed E-state index contributed by atoms with van der Waals surface area (Å²) in [5.74, 6) is 1.71. The molecule has 0 amide bonds. The topological polar surface area (TPSA) is 52.7 Å². The average Bonchev–Trinajstić information content (AvgIpc) is 3.14. The van der Waals surface area contributed by atoms with E-state index in [1.165, 1.54) is 19.3 Å². The Kier molecular flexibility index (Phi) is 4.38. The molecule has 0 aliphatic carbocycles. The van der Waals surface area contributed by atoms with Gasteiger partial charge in [0.05, 0.1) is 19.3 Å². The van der Waals surface area contributed by atoms with Crippen LogP contribution in [0, 0.1) is 6.92 Å². The molecule has 5 nitrogen and oxygen atoms in total. The quantitative estimate of drug-likeness (QED) is 0.883. The normalized spacial score (nSPS) is 28.5. The van der Waals surface area contributed by atoms with Gasteiger partial charge in [0.2, 0.25) is 5.89 Å². The van der Waals surface area contributed by atoms with Crippen molar-refractivity contribution in [1.29, 1.82) is 0 Å². The molecule has 0 unspecified atom stereocenters. The summed E-state index contributed by atoms with van der Waals surface area (Å²) in [6.07, 6.45) is 6.65. The highest BCUT2D eigenvalue weighted by molar-refractivity contribution is 4.93. The van der Waals surface area contributed by atoms with E-state index >= 15 is 0 Å². The highest BCUT2D eigenvalue weighted by atomic mass is 16.4. The molecule has 1 aromatic heterocycles. The molecule has 0 bridgehead atoms. The summed E-state index contributed by atoms with van der Waals surface area (Å²) < 4.78 is 5.60. The molecule has 2 saturated heterocycles. The number of aromatic nitrogens is 1. The van der Waals surface area contributed by atoms with Gasteiger partial charge in [0.1, 0.15) is 5.76 Å². The second kappa shape index (κ2) is 6.24. The van der Waals surface area contributed by atoms with Crippen molar-refractivity contribution < 1.29 is 9.52 Å². The van der Waals surface area contributed by atoms with Crippen LogP contribution in [0.1, 0.15) is 37.3 Å². The van der Waals surface area contributed by atoms with Gasteiger partial charge < -0.3 is 9.52 Å². The first-order valence-electron chi connectivity index (χ1n) is 7.76. The number of aliphatic hydroxyl groups is 1. The highest BCUT2D eigenvalue weighted by Crippen LogP contribution is 2.24. The number of oxazole rings is 1. The number of likely N-dealkylation sites (tertiary alicyclic amines) is 2. The minimum atomic E-state index is 0.297. The van der Waals surface area contributed by atoms with E-state index in [4.69, 9.17) is 4.42 Å². The zero-order valence-electron chi connectivity index (χ0n) is 12.3. The van der Waals surface area contributed by atoms with E-state index in [2.05, 4.69) is 14.8 Å². The van der Waals surface area contributed by atoms with Gasteiger partial charge in [-0.2, -0.15) is 0 Å². The van der Waals surface area contributed by atoms with Gasteiger partial charge >= 0.3 is 0 Å². The van der Waals surface area contributed by atoms with Gasteiger partial charge in [0.15, 0.2) is 0 Å². The van der Waals surface area contributed by atoms with Crippen LogP contribution in [-0.2, 0) is 6.54 Å². The van der Waals surface area contributed by atoms with Crippen LogP contribution in [0.4, 0.5) is 0 Å². The maximum atomic E-state index is 9.43. The Bertz CT molecular complexity index is 435. The van der Waals surface area contributed by atoms with Crippen LogP contribution >= 0.6 is 0 Å². The monoisotopic (exact) mass is 279 g/mol. The van der Waals surface area contributed by atoms with Crippen LogP contribution in [0.5, 0.6) is 0 Å². The van der Waals surface area contributed by atoms with Crippen LogP contribution in [0.2, 0.25) is 0 Å². The van der Waals surface area contributed by atoms with Gasteiger partial charge in [-0.25, -0.2) is 4.98 Å². The van der Waals surface area contributed by atoms with Crippen LogP contribution in [-0.4, -0.2) is 58.2 Å². The number of nitrogens with zero attached hydrogens (tertiary/aromatic N) is 3. The molecule has 20 heavy (non-hydrogen) atoms. The van der Waals surface area contributed by atoms with Gasteiger partial charge in [0, 0.05) is 18.6 Å². The third-order valence-electron chi connectivity index (χ3n) is 4.66. The molecule has 5 heteroatoms. The Hall–Kier alpha value is -0.910. The summed E-state index contributed by atoms with van der Waals surface area (Å²) in [6.45, 7) is 6.39. The largest absolute Gasteiger partial charge is 0.445 e. The lowest BCUT2D eigenvalue weighted by Gasteiger charge is -2.30. The van der Waals surface area contributed by atoms with Crippen molar-refractivity contribution in [3.05, 3.63) is 17.8 Å². The van der Waals surface area contributed by atoms with Crippen molar-refractivity contribution in [1.82, 2.24) is 14.8 Å². The Labute approximate surface area is 120 Å². The third-order valence-corrected chi connectivity index (χ3v) is 4.66. The maximum absolute atomic E-state index is 9.43. The van der Waals surface area contributed by atoms with Crippen LogP contribution in [0.25, 0.3) is 0 Å². The molecule has 112 valence electrons. The molecular weight excluding hydrogens is 254 g/mol. The summed E-state index contributed by atoms with van der Waals surface area (Å²) in [7, 11) is 0. The predicted octanol–water partition coefficient (Wildman–Crippen LogP) is 1.40. The molecule has 1 N–H and O–H groups in total. The molecule has 2 aliphatic heterocycles. The first-order valence-corrected chi connectivity index (χ1v) is 7.76. The number of hydrogen-bond acceptors (Lipinski definition) is 5. The zero-order valence-corrected chi connectivity index (χ0v) is 12.3. The van der Waals surface area contributed by atoms with E-state index in [0.717, 1.165) is 44.3 Å². The summed E-state index contributed by atoms with van der Waals surface area (Å²) in [4.78, 5) is 9.26. The van der Waals surface area contributed by atoms with E-state index < -0.39 is 0 Å². The maximum Gasteiger partial charge on any atom is 0.208 e. The molecule has 0 spiro atoms. The van der Waals surface area contributed by atoms with Gasteiger partial charge in [-0.3, -0.25) is 9.80 Å². The number of aliphatic hydroxyl groups excluding tert-OH is 1. The van der Waals surface area contributed by atoms with E-state index in [1.807, 2.05) is 6.92 Å². The summed E-state index contributed by atoms with van der Waals surface area (Å²) in [5.41, 5.74) is 0. The smallest absolute Gasteiger partial charge is 0.208 e. The van der Waals surface area contributed by atoms with Gasteiger partial charge in [-0.15, -0.1) is 0 Å². The predicted molar refractivity (Wildman–Crippen MR) is 76.4 cm³/mol. The van der Waals surface area contributed by atoms with Crippen molar-refractivity contribution in [3.8, 4) is 0 Å². The molecule has 2 fully saturated rings. The Balaban J connectivity index is 1.58. The Morgan fingerprint density at radius 2 is 2.00 bits per heavy atom. The highest BCUT2D eigenvalue weighted by Gasteiger charge is 2.31. The fourth-order valence-electron chi connectivity index (χ4n) is 3.57. The van der Waals surface area contributed by atoms with E-state index in [9.17, 15) is 5.11 Å². The number of hydrogen-bond donors (Lipinski definition) is 1. The van der Waals surface area contributed by atoms with Crippen LogP contribution in [0.3, 0.4) is 0 Å². The lowest BCUT2D eigenvalue weighted by atomic mass is 10.2. The number of rotatable bonds is 5. The second-order valence-electron chi connectivity index (χ2n) is 6.10. The Morgan fingerprint density at radius 1 is 1.25 bits per heavy atom. The fraction of sp³-hybridized carbons (Fsp3) is 0.800. The summed E-state index contributed by atoms with van der Waals surface area (Å²) in [6, 6.07) is 0.954. The molecule has 0 aromatic carbocycles. The Morgan fingerprint density at radius 3 is 2.70 bits per heavy atom. The van der Waals surface area contributed by atoms with Crippen molar-refractivity contribution in [2.75, 3.05) is 26.2 Å². The molecular formula is C15H25N3O2. The van der Waals surface area contributed by atoms with Crippen LogP contribution < -0.4 is 0 Å². The van der Waals surface area contributed by atoms with Crippen molar-refractivity contribution in [2.24, 2.45) is 0 Å². The minimum absolute atomic E-state index is 0.297. The van der Waals surface area contributed by atoms with Gasteiger partial charge in [0.25, 0.3) is 0 Å². The van der Waals surface area contributed by atoms with Gasteiger partial charge in [-0.05, 0) is 45.7 Å². The molecule has 0 saturated carbocycles. The van der Waals surface area contributed by atoms with Crippen molar-refractivity contribution in [3.63, 3.8) is 0 Å². The number of aryl methyl sites for hydroxylation is 1. The summed E-state index contributed by atoms with van der Waals surface area (Å²) >= 11 is 0. The summed E-state index contributed by atoms with van der Waals surface area (Å²) in [5, 5.41) is 9.43. The molecule has 1 aromatic rings. The lowest BCUT2D eigenvalue weighted by molar-refractivity contribution is 0.116.